The van der Waals surface area contributed by atoms with Gasteiger partial charge < -0.3 is 9.84 Å². The first-order chi connectivity index (χ1) is 5.97. The van der Waals surface area contributed by atoms with Crippen molar-refractivity contribution in [2.45, 2.75) is 19.4 Å². The Hall–Kier alpha value is -1.58. The van der Waals surface area contributed by atoms with Gasteiger partial charge in [0.1, 0.15) is 6.10 Å². The average Bonchev–Trinajstić information content (AvgIpc) is 2.03. The minimum atomic E-state index is -1.08. The molecule has 1 unspecified atom stereocenters. The van der Waals surface area contributed by atoms with Gasteiger partial charge in [0.15, 0.2) is 0 Å². The van der Waals surface area contributed by atoms with E-state index >= 15 is 0 Å². The topological polar surface area (TPSA) is 63.6 Å². The van der Waals surface area contributed by atoms with Crippen molar-refractivity contribution >= 4 is 11.9 Å². The third-order valence-corrected chi connectivity index (χ3v) is 1.32. The average molecular weight is 184 g/mol. The van der Waals surface area contributed by atoms with Crippen molar-refractivity contribution in [2.75, 3.05) is 0 Å². The number of carbonyl (C=O) groups is 2. The van der Waals surface area contributed by atoms with Crippen LogP contribution in [0.3, 0.4) is 0 Å². The monoisotopic (exact) mass is 184 g/mol. The number of hydrogen-bond acceptors (Lipinski definition) is 3. The van der Waals surface area contributed by atoms with Crippen LogP contribution in [0.2, 0.25) is 0 Å². The molecular weight excluding hydrogens is 172 g/mol. The van der Waals surface area contributed by atoms with Crippen molar-refractivity contribution in [3.05, 3.63) is 24.8 Å². The molecule has 0 heterocycles. The molecule has 1 N–H and O–H groups in total. The molecule has 0 bridgehead atoms. The summed E-state index contributed by atoms with van der Waals surface area (Å²) in [5.41, 5.74) is 0.0179. The fraction of sp³-hybridized carbons (Fsp3) is 0.333. The number of rotatable bonds is 5. The van der Waals surface area contributed by atoms with Gasteiger partial charge in [-0.2, -0.15) is 0 Å². The molecule has 4 nitrogen and oxygen atoms in total. The molecule has 72 valence electrons. The van der Waals surface area contributed by atoms with Crippen molar-refractivity contribution in [2.24, 2.45) is 0 Å². The van der Waals surface area contributed by atoms with Crippen LogP contribution in [0, 0.1) is 0 Å². The molecule has 0 rings (SSSR count). The molecule has 0 aromatic heterocycles. The quantitative estimate of drug-likeness (QED) is 0.514. The van der Waals surface area contributed by atoms with Gasteiger partial charge in [-0.3, -0.25) is 0 Å². The summed E-state index contributed by atoms with van der Waals surface area (Å²) in [6.07, 6.45) is 0.656. The van der Waals surface area contributed by atoms with Crippen LogP contribution in [0.5, 0.6) is 0 Å². The van der Waals surface area contributed by atoms with E-state index in [0.717, 1.165) is 6.08 Å². The number of hydrogen-bond donors (Lipinski definition) is 1. The Morgan fingerprint density at radius 1 is 1.62 bits per heavy atom. The van der Waals surface area contributed by atoms with Crippen molar-refractivity contribution < 1.29 is 19.4 Å². The lowest BCUT2D eigenvalue weighted by Crippen LogP contribution is -2.15. The number of esters is 1. The highest BCUT2D eigenvalue weighted by Gasteiger charge is 2.12. The van der Waals surface area contributed by atoms with Crippen LogP contribution in [0.15, 0.2) is 24.8 Å². The first-order valence-corrected chi connectivity index (χ1v) is 3.71. The zero-order chi connectivity index (χ0) is 10.4. The molecule has 0 aromatic rings. The molecule has 0 saturated heterocycles. The second kappa shape index (κ2) is 5.13. The summed E-state index contributed by atoms with van der Waals surface area (Å²) in [7, 11) is 0. The van der Waals surface area contributed by atoms with Crippen LogP contribution < -0.4 is 0 Å². The van der Waals surface area contributed by atoms with Crippen LogP contribution in [-0.2, 0) is 14.3 Å². The van der Waals surface area contributed by atoms with E-state index in [1.165, 1.54) is 0 Å². The zero-order valence-electron chi connectivity index (χ0n) is 7.45. The molecule has 0 aliphatic heterocycles. The van der Waals surface area contributed by atoms with Crippen molar-refractivity contribution in [1.29, 1.82) is 0 Å². The van der Waals surface area contributed by atoms with Crippen LogP contribution >= 0.6 is 0 Å². The van der Waals surface area contributed by atoms with Gasteiger partial charge in [0, 0.05) is 18.1 Å². The van der Waals surface area contributed by atoms with E-state index in [9.17, 15) is 9.59 Å². The number of carboxylic acids is 1. The highest BCUT2D eigenvalue weighted by Crippen LogP contribution is 2.06. The summed E-state index contributed by atoms with van der Waals surface area (Å²) in [5, 5.41) is 8.46. The maximum atomic E-state index is 10.7. The normalized spacial score (nSPS) is 11.5. The van der Waals surface area contributed by atoms with Crippen LogP contribution in [0.25, 0.3) is 0 Å². The number of aliphatic carboxylic acids is 1. The largest absolute Gasteiger partial charge is 0.478 e. The second-order valence-corrected chi connectivity index (χ2v) is 2.56. The number of ether oxygens (including phenoxy) is 1. The molecule has 0 aromatic carbocycles. The predicted octanol–water partition coefficient (Wildman–Crippen LogP) is 1.14. The Morgan fingerprint density at radius 3 is 2.54 bits per heavy atom. The van der Waals surface area contributed by atoms with E-state index in [-0.39, 0.29) is 12.0 Å². The molecule has 0 fully saturated rings. The number of carboxylic acid groups (broad SMARTS) is 1. The second-order valence-electron chi connectivity index (χ2n) is 2.56. The highest BCUT2D eigenvalue weighted by molar-refractivity contribution is 5.86. The summed E-state index contributed by atoms with van der Waals surface area (Å²) in [6.45, 7) is 8.12. The third-order valence-electron chi connectivity index (χ3n) is 1.32. The summed E-state index contributed by atoms with van der Waals surface area (Å²) >= 11 is 0. The van der Waals surface area contributed by atoms with Gasteiger partial charge in [-0.15, -0.1) is 0 Å². The van der Waals surface area contributed by atoms with Gasteiger partial charge in [0.05, 0.1) is 0 Å². The van der Waals surface area contributed by atoms with Crippen LogP contribution in [0.4, 0.5) is 0 Å². The lowest BCUT2D eigenvalue weighted by Gasteiger charge is -2.10. The smallest absolute Gasteiger partial charge is 0.331 e. The van der Waals surface area contributed by atoms with E-state index in [4.69, 9.17) is 9.84 Å². The minimum Gasteiger partial charge on any atom is -0.478 e. The van der Waals surface area contributed by atoms with Gasteiger partial charge in [0.25, 0.3) is 0 Å². The summed E-state index contributed by atoms with van der Waals surface area (Å²) in [4.78, 5) is 21.0. The SMILES string of the molecule is C=CC(=O)OC(C)CC(=C)C(=O)O. The molecule has 0 aliphatic carbocycles. The Labute approximate surface area is 76.5 Å². The molecule has 0 saturated carbocycles. The molecule has 13 heavy (non-hydrogen) atoms. The van der Waals surface area contributed by atoms with E-state index in [2.05, 4.69) is 13.2 Å². The van der Waals surface area contributed by atoms with Crippen molar-refractivity contribution in [1.82, 2.24) is 0 Å². The van der Waals surface area contributed by atoms with Gasteiger partial charge in [-0.25, -0.2) is 9.59 Å². The molecule has 4 heteroatoms. The van der Waals surface area contributed by atoms with E-state index in [0.29, 0.717) is 0 Å². The first kappa shape index (κ1) is 11.4. The molecule has 0 aliphatic rings. The molecular formula is C9H12O4. The Bertz CT molecular complexity index is 242. The maximum Gasteiger partial charge on any atom is 0.331 e. The summed E-state index contributed by atoms with van der Waals surface area (Å²) in [5.74, 6) is -1.65. The van der Waals surface area contributed by atoms with Crippen LogP contribution in [0.1, 0.15) is 13.3 Å². The van der Waals surface area contributed by atoms with Gasteiger partial charge in [-0.1, -0.05) is 13.2 Å². The molecule has 0 radical (unpaired) electrons. The van der Waals surface area contributed by atoms with E-state index < -0.39 is 18.0 Å². The molecule has 1 atom stereocenters. The third kappa shape index (κ3) is 4.79. The maximum absolute atomic E-state index is 10.7. The van der Waals surface area contributed by atoms with E-state index in [1.54, 1.807) is 6.92 Å². The van der Waals surface area contributed by atoms with E-state index in [1.807, 2.05) is 0 Å². The van der Waals surface area contributed by atoms with Gasteiger partial charge >= 0.3 is 11.9 Å². The number of carbonyl (C=O) groups excluding carboxylic acids is 1. The Morgan fingerprint density at radius 2 is 2.15 bits per heavy atom. The fourth-order valence-electron chi connectivity index (χ4n) is 0.722. The Kier molecular flexibility index (Phi) is 4.51. The molecule has 0 amide bonds. The standard InChI is InChI=1S/C9H12O4/c1-4-8(10)13-7(3)5-6(2)9(11)12/h4,7H,1-2,5H2,3H3,(H,11,12). The molecule has 0 spiro atoms. The fourth-order valence-corrected chi connectivity index (χ4v) is 0.722. The zero-order valence-corrected chi connectivity index (χ0v) is 7.45. The van der Waals surface area contributed by atoms with Crippen molar-refractivity contribution in [3.8, 4) is 0 Å². The predicted molar refractivity (Wildman–Crippen MR) is 47.1 cm³/mol. The Balaban J connectivity index is 3.94. The lowest BCUT2D eigenvalue weighted by molar-refractivity contribution is -0.143. The van der Waals surface area contributed by atoms with Gasteiger partial charge in [-0.05, 0) is 6.92 Å². The lowest BCUT2D eigenvalue weighted by atomic mass is 10.1. The van der Waals surface area contributed by atoms with Crippen LogP contribution in [-0.4, -0.2) is 23.1 Å². The highest BCUT2D eigenvalue weighted by atomic mass is 16.5. The minimum absolute atomic E-state index is 0.0179. The summed E-state index contributed by atoms with van der Waals surface area (Å²) < 4.78 is 4.74. The summed E-state index contributed by atoms with van der Waals surface area (Å²) in [6, 6.07) is 0. The van der Waals surface area contributed by atoms with Crippen molar-refractivity contribution in [3.63, 3.8) is 0 Å². The first-order valence-electron chi connectivity index (χ1n) is 3.71. The van der Waals surface area contributed by atoms with Gasteiger partial charge in [0.2, 0.25) is 0 Å².